The average molecular weight is 893 g/mol. The number of piperidine rings is 1. The lowest BCUT2D eigenvalue weighted by Gasteiger charge is -2.29. The number of rotatable bonds is 24. The van der Waals surface area contributed by atoms with Crippen LogP contribution < -0.4 is 44.4 Å². The van der Waals surface area contributed by atoms with E-state index in [0.717, 1.165) is 56.3 Å². The monoisotopic (exact) mass is 892 g/mol. The Morgan fingerprint density at radius 2 is 1.34 bits per heavy atom. The molecule has 65 heavy (non-hydrogen) atoms. The summed E-state index contributed by atoms with van der Waals surface area (Å²) in [4.78, 5) is 63.9. The van der Waals surface area contributed by atoms with Crippen molar-refractivity contribution in [1.82, 2.24) is 20.9 Å². The number of ether oxygens (including phenoxy) is 6. The normalized spacial score (nSPS) is 14.4. The van der Waals surface area contributed by atoms with Crippen LogP contribution in [0.4, 0.5) is 11.4 Å². The van der Waals surface area contributed by atoms with Gasteiger partial charge in [0.05, 0.1) is 39.8 Å². The number of nitrogens with zero attached hydrogens (tertiary/aromatic N) is 3. The van der Waals surface area contributed by atoms with E-state index in [9.17, 15) is 24.0 Å². The minimum absolute atomic E-state index is 0.0634. The van der Waals surface area contributed by atoms with Crippen LogP contribution in [-0.2, 0) is 38.6 Å². The molecule has 1 saturated heterocycles. The molecule has 1 atom stereocenters. The Balaban J connectivity index is 0.858. The van der Waals surface area contributed by atoms with Gasteiger partial charge in [0.25, 0.3) is 17.7 Å². The maximum absolute atomic E-state index is 13.2. The number of carbonyl (C=O) groups is 5. The third kappa shape index (κ3) is 13.0. The van der Waals surface area contributed by atoms with Crippen LogP contribution in [0.1, 0.15) is 72.0 Å². The number of benzene rings is 4. The van der Waals surface area contributed by atoms with Crippen molar-refractivity contribution in [2.45, 2.75) is 70.4 Å². The molecular weight excluding hydrogens is 837 g/mol. The first-order chi connectivity index (χ1) is 31.6. The van der Waals surface area contributed by atoms with E-state index in [-0.39, 0.29) is 73.5 Å². The lowest BCUT2D eigenvalue weighted by atomic mass is 10.0. The van der Waals surface area contributed by atoms with E-state index in [2.05, 4.69) is 32.2 Å². The molecule has 17 heteroatoms. The number of hydrogen-bond donors (Lipinski definition) is 3. The number of carbonyl (C=O) groups excluding carboxylic acids is 5. The number of unbranched alkanes of at least 4 members (excludes halogenated alkanes) is 3. The molecule has 344 valence electrons. The molecule has 0 bridgehead atoms. The summed E-state index contributed by atoms with van der Waals surface area (Å²) in [6.45, 7) is 0.803. The molecule has 17 nitrogen and oxygen atoms in total. The van der Waals surface area contributed by atoms with Gasteiger partial charge in [0.2, 0.25) is 17.6 Å². The zero-order valence-electron chi connectivity index (χ0n) is 37.2. The minimum atomic E-state index is -0.748. The van der Waals surface area contributed by atoms with E-state index in [1.165, 1.54) is 24.7 Å². The molecule has 6 rings (SSSR count). The largest absolute Gasteiger partial charge is 0.493 e. The van der Waals surface area contributed by atoms with E-state index in [0.29, 0.717) is 47.1 Å². The van der Waals surface area contributed by atoms with Gasteiger partial charge in [0, 0.05) is 49.3 Å². The number of methoxy groups -OCH3 is 4. The fourth-order valence-corrected chi connectivity index (χ4v) is 7.61. The quantitative estimate of drug-likeness (QED) is 0.0403. The Bertz CT molecular complexity index is 2340. The van der Waals surface area contributed by atoms with Crippen molar-refractivity contribution in [3.8, 4) is 34.5 Å². The van der Waals surface area contributed by atoms with Crippen LogP contribution in [0.3, 0.4) is 0 Å². The van der Waals surface area contributed by atoms with Gasteiger partial charge in [-0.1, -0.05) is 37.1 Å². The molecule has 0 saturated carbocycles. The summed E-state index contributed by atoms with van der Waals surface area (Å²) in [6, 6.07) is 21.3. The van der Waals surface area contributed by atoms with E-state index in [1.54, 1.807) is 44.6 Å². The van der Waals surface area contributed by atoms with E-state index >= 15 is 0 Å². The minimum Gasteiger partial charge on any atom is -0.493 e. The number of amides is 5. The fraction of sp³-hybridized carbons (Fsp3) is 0.396. The first-order valence-electron chi connectivity index (χ1n) is 21.6. The first kappa shape index (κ1) is 47.3. The molecule has 2 aliphatic heterocycles. The average Bonchev–Trinajstić information content (AvgIpc) is 3.65. The fourth-order valence-electron chi connectivity index (χ4n) is 7.61. The van der Waals surface area contributed by atoms with Gasteiger partial charge >= 0.3 is 0 Å². The maximum atomic E-state index is 13.2. The summed E-state index contributed by atoms with van der Waals surface area (Å²) in [7, 11) is 6.16. The molecule has 2 aliphatic rings. The van der Waals surface area contributed by atoms with Crippen molar-refractivity contribution in [2.75, 3.05) is 54.7 Å². The maximum Gasteiger partial charge on any atom is 0.257 e. The molecule has 4 aromatic carbocycles. The topological polar surface area (TPSA) is 205 Å². The van der Waals surface area contributed by atoms with Crippen LogP contribution in [0.2, 0.25) is 0 Å². The van der Waals surface area contributed by atoms with Gasteiger partial charge in [-0.05, 0) is 86.1 Å². The zero-order valence-corrected chi connectivity index (χ0v) is 37.2. The van der Waals surface area contributed by atoms with Gasteiger partial charge in [-0.25, -0.2) is 0 Å². The standard InChI is InChI=1S/C48H56N6O11/c1-60-39-20-18-32(25-40(39)61-2)13-9-12-31-14-10-15-34(24-31)64-29-44(56)49-22-7-5-6-8-23-50-45(57)30-65-46-41(62-3)26-33(27-42(46)63-4)52-53-37-17-11-16-35-36(37)28-54(48(35)59)38-19-21-43(55)51-47(38)58/h10-11,14-18,20,24-27,38H,5-9,12-13,19,21-23,28-30H2,1-4H3,(H,49,56)(H,50,57)(H,51,55,58). The van der Waals surface area contributed by atoms with Crippen molar-refractivity contribution in [2.24, 2.45) is 10.2 Å². The van der Waals surface area contributed by atoms with Crippen LogP contribution >= 0.6 is 0 Å². The summed E-state index contributed by atoms with van der Waals surface area (Å²) >= 11 is 0. The number of fused-ring (bicyclic) bond motifs is 1. The second-order valence-electron chi connectivity index (χ2n) is 15.5. The van der Waals surface area contributed by atoms with Crippen LogP contribution in [-0.4, -0.2) is 95.2 Å². The summed E-state index contributed by atoms with van der Waals surface area (Å²) in [5.41, 5.74) is 4.16. The lowest BCUT2D eigenvalue weighted by molar-refractivity contribution is -0.137. The number of nitrogens with one attached hydrogen (secondary N) is 3. The van der Waals surface area contributed by atoms with Gasteiger partial charge in [0.1, 0.15) is 11.8 Å². The van der Waals surface area contributed by atoms with Gasteiger partial charge in [-0.3, -0.25) is 29.3 Å². The van der Waals surface area contributed by atoms with Crippen LogP contribution in [0.15, 0.2) is 83.0 Å². The second kappa shape index (κ2) is 23.5. The Labute approximate surface area is 378 Å². The third-order valence-corrected chi connectivity index (χ3v) is 11.0. The Kier molecular flexibility index (Phi) is 17.1. The highest BCUT2D eigenvalue weighted by atomic mass is 16.5. The molecule has 2 heterocycles. The summed E-state index contributed by atoms with van der Waals surface area (Å²) in [6.07, 6.45) is 6.41. The molecule has 0 aromatic heterocycles. The smallest absolute Gasteiger partial charge is 0.257 e. The molecule has 0 radical (unpaired) electrons. The van der Waals surface area contributed by atoms with Crippen LogP contribution in [0.25, 0.3) is 0 Å². The molecule has 3 N–H and O–H groups in total. The SMILES string of the molecule is COc1ccc(CCCc2cccc(OCC(=O)NCCCCCCNC(=O)COc3c(OC)cc(N=Nc4cccc5c4CN(C4CCC(=O)NC4=O)C5=O)cc3OC)c2)cc1OC. The van der Waals surface area contributed by atoms with E-state index in [1.807, 2.05) is 36.4 Å². The summed E-state index contributed by atoms with van der Waals surface area (Å²) < 4.78 is 33.4. The lowest BCUT2D eigenvalue weighted by Crippen LogP contribution is -2.52. The second-order valence-corrected chi connectivity index (χ2v) is 15.5. The molecular formula is C48H56N6O11. The van der Waals surface area contributed by atoms with Crippen LogP contribution in [0.5, 0.6) is 34.5 Å². The van der Waals surface area contributed by atoms with Gasteiger partial charge in [0.15, 0.2) is 36.2 Å². The Morgan fingerprint density at radius 1 is 0.692 bits per heavy atom. The third-order valence-electron chi connectivity index (χ3n) is 11.0. The van der Waals surface area contributed by atoms with Crippen molar-refractivity contribution in [3.63, 3.8) is 0 Å². The number of imide groups is 1. The number of azo groups is 1. The van der Waals surface area contributed by atoms with E-state index in [4.69, 9.17) is 28.4 Å². The molecule has 4 aromatic rings. The predicted octanol–water partition coefficient (Wildman–Crippen LogP) is 6.32. The first-order valence-corrected chi connectivity index (χ1v) is 21.6. The Hall–Kier alpha value is -7.17. The molecule has 0 spiro atoms. The van der Waals surface area contributed by atoms with E-state index < -0.39 is 11.9 Å². The zero-order chi connectivity index (χ0) is 46.1. The van der Waals surface area contributed by atoms with Crippen molar-refractivity contribution >= 4 is 40.9 Å². The highest BCUT2D eigenvalue weighted by Crippen LogP contribution is 2.42. The summed E-state index contributed by atoms with van der Waals surface area (Å²) in [5, 5.41) is 16.9. The number of hydrogen-bond acceptors (Lipinski definition) is 13. The summed E-state index contributed by atoms with van der Waals surface area (Å²) in [5.74, 6) is 1.19. The van der Waals surface area contributed by atoms with Crippen molar-refractivity contribution in [1.29, 1.82) is 0 Å². The van der Waals surface area contributed by atoms with Gasteiger partial charge < -0.3 is 44.0 Å². The molecule has 5 amide bonds. The van der Waals surface area contributed by atoms with Gasteiger partial charge in [-0.15, -0.1) is 0 Å². The molecule has 1 fully saturated rings. The highest BCUT2D eigenvalue weighted by Gasteiger charge is 2.40. The highest BCUT2D eigenvalue weighted by molar-refractivity contribution is 6.06. The number of aryl methyl sites for hydroxylation is 2. The van der Waals surface area contributed by atoms with Gasteiger partial charge in [-0.2, -0.15) is 10.2 Å². The van der Waals surface area contributed by atoms with Crippen molar-refractivity contribution < 1.29 is 52.4 Å². The Morgan fingerprint density at radius 3 is 2.00 bits per heavy atom. The molecule has 0 aliphatic carbocycles. The predicted molar refractivity (Wildman–Crippen MR) is 240 cm³/mol. The van der Waals surface area contributed by atoms with Crippen LogP contribution in [0, 0.1) is 0 Å². The van der Waals surface area contributed by atoms with Crippen molar-refractivity contribution in [3.05, 3.63) is 95.1 Å². The molecule has 1 unspecified atom stereocenters.